The summed E-state index contributed by atoms with van der Waals surface area (Å²) in [6, 6.07) is 2.46. The lowest BCUT2D eigenvalue weighted by Gasteiger charge is -2.11. The van der Waals surface area contributed by atoms with Crippen LogP contribution in [0.4, 0.5) is 29.3 Å². The van der Waals surface area contributed by atoms with Crippen molar-refractivity contribution in [1.29, 1.82) is 0 Å². The largest absolute Gasteiger partial charge is 0.477 e. The standard InChI is InChI=1S/C13H9F3N4O5/c14-13(15,16)5-2-1-3-6(4-5)17-11(24)18-7-8(10(22)23)19-12(25)20-9(7)21/h1-4H,(H,22,23)(H2,17,18,24)(H2,19,20,21,25). The number of aromatic nitrogens is 2. The van der Waals surface area contributed by atoms with Crippen LogP contribution in [0.15, 0.2) is 33.9 Å². The molecule has 1 heterocycles. The second kappa shape index (κ2) is 6.51. The number of carboxylic acids is 1. The van der Waals surface area contributed by atoms with E-state index >= 15 is 0 Å². The Bertz CT molecular complexity index is 948. The predicted molar refractivity (Wildman–Crippen MR) is 78.7 cm³/mol. The van der Waals surface area contributed by atoms with Crippen molar-refractivity contribution in [2.75, 3.05) is 10.6 Å². The van der Waals surface area contributed by atoms with Gasteiger partial charge in [-0.2, -0.15) is 13.2 Å². The second-order valence-electron chi connectivity index (χ2n) is 4.62. The van der Waals surface area contributed by atoms with Gasteiger partial charge in [0.15, 0.2) is 5.69 Å². The Morgan fingerprint density at radius 1 is 1.08 bits per heavy atom. The number of carbonyl (C=O) groups is 2. The van der Waals surface area contributed by atoms with Gasteiger partial charge in [0, 0.05) is 5.69 Å². The van der Waals surface area contributed by atoms with Crippen molar-refractivity contribution in [3.05, 3.63) is 56.4 Å². The van der Waals surface area contributed by atoms with Crippen LogP contribution in [-0.4, -0.2) is 27.1 Å². The van der Waals surface area contributed by atoms with Gasteiger partial charge >= 0.3 is 23.9 Å². The lowest BCUT2D eigenvalue weighted by Crippen LogP contribution is -2.32. The summed E-state index contributed by atoms with van der Waals surface area (Å²) in [5.41, 5.74) is -5.22. The number of hydrogen-bond donors (Lipinski definition) is 5. The molecular formula is C13H9F3N4O5. The monoisotopic (exact) mass is 358 g/mol. The number of amides is 2. The van der Waals surface area contributed by atoms with Crippen LogP contribution in [0.1, 0.15) is 16.1 Å². The molecule has 0 spiro atoms. The first-order valence-corrected chi connectivity index (χ1v) is 6.43. The van der Waals surface area contributed by atoms with Crippen LogP contribution in [0.25, 0.3) is 0 Å². The van der Waals surface area contributed by atoms with Crippen molar-refractivity contribution in [3.8, 4) is 0 Å². The van der Waals surface area contributed by atoms with Gasteiger partial charge in [0.1, 0.15) is 5.69 Å². The van der Waals surface area contributed by atoms with Gasteiger partial charge in [0.05, 0.1) is 5.56 Å². The van der Waals surface area contributed by atoms with Gasteiger partial charge in [-0.1, -0.05) is 6.07 Å². The van der Waals surface area contributed by atoms with Gasteiger partial charge in [-0.15, -0.1) is 0 Å². The number of hydrogen-bond acceptors (Lipinski definition) is 4. The predicted octanol–water partition coefficient (Wildman–Crippen LogP) is 1.42. The fourth-order valence-corrected chi connectivity index (χ4v) is 1.82. The van der Waals surface area contributed by atoms with E-state index in [2.05, 4.69) is 0 Å². The highest BCUT2D eigenvalue weighted by molar-refractivity contribution is 6.03. The van der Waals surface area contributed by atoms with Gasteiger partial charge in [-0.05, 0) is 18.2 Å². The van der Waals surface area contributed by atoms with E-state index in [0.29, 0.717) is 6.07 Å². The van der Waals surface area contributed by atoms with Crippen molar-refractivity contribution in [2.24, 2.45) is 0 Å². The molecule has 0 bridgehead atoms. The number of halogens is 3. The summed E-state index contributed by atoms with van der Waals surface area (Å²) in [5, 5.41) is 12.8. The number of aromatic carboxylic acids is 1. The highest BCUT2D eigenvalue weighted by atomic mass is 19.4. The normalized spacial score (nSPS) is 11.0. The van der Waals surface area contributed by atoms with Gasteiger partial charge in [0.25, 0.3) is 5.56 Å². The van der Waals surface area contributed by atoms with E-state index in [9.17, 15) is 32.3 Å². The molecule has 2 aromatic rings. The molecule has 12 heteroatoms. The molecule has 0 atom stereocenters. The number of benzene rings is 1. The summed E-state index contributed by atoms with van der Waals surface area (Å²) in [6.45, 7) is 0. The summed E-state index contributed by atoms with van der Waals surface area (Å²) in [4.78, 5) is 49.0. The number of alkyl halides is 3. The highest BCUT2D eigenvalue weighted by Gasteiger charge is 2.30. The fourth-order valence-electron chi connectivity index (χ4n) is 1.82. The van der Waals surface area contributed by atoms with Gasteiger partial charge in [-0.3, -0.25) is 14.8 Å². The van der Waals surface area contributed by atoms with E-state index in [4.69, 9.17) is 5.11 Å². The van der Waals surface area contributed by atoms with Crippen LogP contribution in [-0.2, 0) is 6.18 Å². The number of nitrogens with one attached hydrogen (secondary N) is 4. The zero-order valence-corrected chi connectivity index (χ0v) is 12.0. The molecule has 0 fully saturated rings. The molecule has 0 aliphatic rings. The average Bonchev–Trinajstić information content (AvgIpc) is 2.49. The molecule has 2 rings (SSSR count). The van der Waals surface area contributed by atoms with Crippen LogP contribution in [0, 0.1) is 0 Å². The van der Waals surface area contributed by atoms with E-state index in [1.165, 1.54) is 0 Å². The molecule has 5 N–H and O–H groups in total. The van der Waals surface area contributed by atoms with E-state index in [0.717, 1.165) is 18.2 Å². The van der Waals surface area contributed by atoms with E-state index in [1.54, 1.807) is 4.98 Å². The molecule has 0 saturated carbocycles. The number of aromatic amines is 2. The minimum atomic E-state index is -4.62. The van der Waals surface area contributed by atoms with Crippen LogP contribution in [0.3, 0.4) is 0 Å². The van der Waals surface area contributed by atoms with Crippen molar-refractivity contribution in [2.45, 2.75) is 6.18 Å². The van der Waals surface area contributed by atoms with E-state index in [-0.39, 0.29) is 5.69 Å². The Kier molecular flexibility index (Phi) is 4.63. The third-order valence-corrected chi connectivity index (χ3v) is 2.84. The molecule has 132 valence electrons. The zero-order valence-electron chi connectivity index (χ0n) is 12.0. The van der Waals surface area contributed by atoms with Crippen molar-refractivity contribution in [1.82, 2.24) is 9.97 Å². The van der Waals surface area contributed by atoms with E-state index in [1.807, 2.05) is 15.6 Å². The molecule has 2 amide bonds. The maximum atomic E-state index is 12.6. The summed E-state index contributed by atoms with van der Waals surface area (Å²) in [6.07, 6.45) is -4.62. The Hall–Kier alpha value is -3.57. The molecule has 0 aliphatic heterocycles. The molecule has 1 aromatic carbocycles. The maximum absolute atomic E-state index is 12.6. The molecule has 0 radical (unpaired) electrons. The third-order valence-electron chi connectivity index (χ3n) is 2.84. The first kappa shape index (κ1) is 17.8. The Labute approximate surface area is 135 Å². The summed E-state index contributed by atoms with van der Waals surface area (Å²) >= 11 is 0. The topological polar surface area (TPSA) is 144 Å². The molecule has 25 heavy (non-hydrogen) atoms. The van der Waals surface area contributed by atoms with Crippen LogP contribution < -0.4 is 21.9 Å². The minimum absolute atomic E-state index is 0.245. The molecule has 0 saturated heterocycles. The number of carboxylic acid groups (broad SMARTS) is 1. The Morgan fingerprint density at radius 2 is 1.76 bits per heavy atom. The molecule has 9 nitrogen and oxygen atoms in total. The second-order valence-corrected chi connectivity index (χ2v) is 4.62. The maximum Gasteiger partial charge on any atom is 0.416 e. The smallest absolute Gasteiger partial charge is 0.416 e. The fraction of sp³-hybridized carbons (Fsp3) is 0.0769. The summed E-state index contributed by atoms with van der Waals surface area (Å²) in [5.74, 6) is -1.70. The quantitative estimate of drug-likeness (QED) is 0.564. The van der Waals surface area contributed by atoms with Gasteiger partial charge in [-0.25, -0.2) is 14.4 Å². The number of anilines is 2. The molecule has 1 aromatic heterocycles. The highest BCUT2D eigenvalue weighted by Crippen LogP contribution is 2.30. The van der Waals surface area contributed by atoms with E-state index < -0.39 is 46.4 Å². The summed E-state index contributed by atoms with van der Waals surface area (Å²) < 4.78 is 37.8. The number of urea groups is 1. The van der Waals surface area contributed by atoms with Crippen LogP contribution in [0.2, 0.25) is 0 Å². The molecule has 0 aliphatic carbocycles. The lowest BCUT2D eigenvalue weighted by molar-refractivity contribution is -0.137. The van der Waals surface area contributed by atoms with Gasteiger partial charge in [0.2, 0.25) is 0 Å². The van der Waals surface area contributed by atoms with Gasteiger partial charge < -0.3 is 15.7 Å². The van der Waals surface area contributed by atoms with Crippen molar-refractivity contribution in [3.63, 3.8) is 0 Å². The lowest BCUT2D eigenvalue weighted by atomic mass is 10.2. The van der Waals surface area contributed by atoms with Crippen LogP contribution >= 0.6 is 0 Å². The van der Waals surface area contributed by atoms with Crippen molar-refractivity contribution < 1.29 is 27.9 Å². The number of carbonyl (C=O) groups excluding carboxylic acids is 1. The first-order valence-electron chi connectivity index (χ1n) is 6.43. The molecular weight excluding hydrogens is 349 g/mol. The van der Waals surface area contributed by atoms with Crippen LogP contribution in [0.5, 0.6) is 0 Å². The number of H-pyrrole nitrogens is 2. The van der Waals surface area contributed by atoms with Crippen molar-refractivity contribution >= 4 is 23.4 Å². The third kappa shape index (κ3) is 4.25. The Morgan fingerprint density at radius 3 is 2.36 bits per heavy atom. The zero-order chi connectivity index (χ0) is 18.8. The molecule has 0 unspecified atom stereocenters. The first-order chi connectivity index (χ1) is 11.6. The Balaban J connectivity index is 2.26. The SMILES string of the molecule is O=C(Nc1cccc(C(F)(F)F)c1)Nc1c(C(=O)O)[nH]c(=O)[nH]c1=O. The minimum Gasteiger partial charge on any atom is -0.477 e. The average molecular weight is 358 g/mol. The number of rotatable bonds is 3. The summed E-state index contributed by atoms with van der Waals surface area (Å²) in [7, 11) is 0.